The van der Waals surface area contributed by atoms with E-state index in [1.807, 2.05) is 0 Å². The molecule has 0 aromatic heterocycles. The Bertz CT molecular complexity index is 776. The van der Waals surface area contributed by atoms with Gasteiger partial charge in [0.15, 0.2) is 17.7 Å². The van der Waals surface area contributed by atoms with Gasteiger partial charge in [0.05, 0.1) is 17.2 Å². The monoisotopic (exact) mass is 302 g/mol. The van der Waals surface area contributed by atoms with Gasteiger partial charge in [-0.05, 0) is 13.0 Å². The second-order valence-electron chi connectivity index (χ2n) is 5.24. The molecule has 3 atom stereocenters. The van der Waals surface area contributed by atoms with Gasteiger partial charge in [0, 0.05) is 11.1 Å². The molecular weight excluding hydrogens is 292 g/mol. The van der Waals surface area contributed by atoms with E-state index in [4.69, 9.17) is 14.2 Å². The number of carbonyl (C=O) groups excluding carboxylic acids is 3. The van der Waals surface area contributed by atoms with Crippen LogP contribution in [0.1, 0.15) is 27.6 Å². The fourth-order valence-corrected chi connectivity index (χ4v) is 3.09. The molecular formula is C15H10O7. The van der Waals surface area contributed by atoms with Crippen LogP contribution in [0.4, 0.5) is 4.79 Å². The largest absolute Gasteiger partial charge is 0.511 e. The molecule has 1 aromatic rings. The van der Waals surface area contributed by atoms with Crippen LogP contribution in [-0.2, 0) is 14.2 Å². The number of carbonyl (C=O) groups is 3. The molecule has 0 radical (unpaired) electrons. The van der Waals surface area contributed by atoms with Crippen LogP contribution in [-0.4, -0.2) is 41.3 Å². The minimum atomic E-state index is -1.06. The van der Waals surface area contributed by atoms with Crippen molar-refractivity contribution in [3.05, 3.63) is 40.5 Å². The Hall–Kier alpha value is -2.67. The minimum absolute atomic E-state index is 0.0506. The molecule has 0 amide bonds. The molecule has 3 aliphatic rings. The number of phenolic OH excluding ortho intramolecular Hbond substituents is 1. The van der Waals surface area contributed by atoms with Crippen LogP contribution in [0.5, 0.6) is 5.75 Å². The number of hydrogen-bond acceptors (Lipinski definition) is 7. The topological polar surface area (TPSA) is 99.1 Å². The lowest BCUT2D eigenvalue weighted by molar-refractivity contribution is -0.122. The van der Waals surface area contributed by atoms with Crippen LogP contribution in [0, 0.1) is 0 Å². The number of hydrogen-bond donors (Lipinski definition) is 1. The van der Waals surface area contributed by atoms with Gasteiger partial charge in [-0.25, -0.2) is 4.79 Å². The van der Waals surface area contributed by atoms with Crippen LogP contribution in [0.3, 0.4) is 0 Å². The van der Waals surface area contributed by atoms with Crippen molar-refractivity contribution < 1.29 is 33.7 Å². The third-order valence-electron chi connectivity index (χ3n) is 4.01. The first-order valence-electron chi connectivity index (χ1n) is 6.67. The van der Waals surface area contributed by atoms with E-state index in [9.17, 15) is 19.5 Å². The summed E-state index contributed by atoms with van der Waals surface area (Å²) < 4.78 is 15.3. The van der Waals surface area contributed by atoms with Gasteiger partial charge in [-0.3, -0.25) is 9.59 Å². The SMILES string of the molecule is C[C@@H]1O[C@H]2OC(=O)O[C@H]2C2=C1C(=O)c1c(O)cccc1C2=O. The van der Waals surface area contributed by atoms with E-state index in [2.05, 4.69) is 0 Å². The third kappa shape index (κ3) is 1.51. The van der Waals surface area contributed by atoms with E-state index < -0.39 is 36.2 Å². The van der Waals surface area contributed by atoms with E-state index in [0.29, 0.717) is 0 Å². The van der Waals surface area contributed by atoms with Gasteiger partial charge in [-0.2, -0.15) is 0 Å². The van der Waals surface area contributed by atoms with Crippen molar-refractivity contribution in [3.63, 3.8) is 0 Å². The Kier molecular flexibility index (Phi) is 2.47. The van der Waals surface area contributed by atoms with Crippen LogP contribution in [0.25, 0.3) is 0 Å². The summed E-state index contributed by atoms with van der Waals surface area (Å²) in [4.78, 5) is 36.7. The predicted octanol–water partition coefficient (Wildman–Crippen LogP) is 1.35. The number of fused-ring (bicyclic) bond motifs is 3. The normalized spacial score (nSPS) is 29.5. The fourth-order valence-electron chi connectivity index (χ4n) is 3.09. The van der Waals surface area contributed by atoms with Gasteiger partial charge in [0.2, 0.25) is 6.29 Å². The van der Waals surface area contributed by atoms with Crippen molar-refractivity contribution >= 4 is 17.7 Å². The molecule has 4 rings (SSSR count). The molecule has 0 spiro atoms. The Morgan fingerprint density at radius 2 is 1.82 bits per heavy atom. The average molecular weight is 302 g/mol. The number of Topliss-reactive ketones (excluding diaryl/α,β-unsaturated/α-hetero) is 2. The summed E-state index contributed by atoms with van der Waals surface area (Å²) in [7, 11) is 0. The molecule has 112 valence electrons. The highest BCUT2D eigenvalue weighted by atomic mass is 16.8. The lowest BCUT2D eigenvalue weighted by atomic mass is 9.78. The molecule has 2 heterocycles. The smallest absolute Gasteiger partial charge is 0.507 e. The van der Waals surface area contributed by atoms with Gasteiger partial charge in [-0.1, -0.05) is 12.1 Å². The lowest BCUT2D eigenvalue weighted by Crippen LogP contribution is -2.44. The minimum Gasteiger partial charge on any atom is -0.507 e. The van der Waals surface area contributed by atoms with E-state index in [0.717, 1.165) is 0 Å². The first-order chi connectivity index (χ1) is 10.5. The number of rotatable bonds is 0. The Labute approximate surface area is 124 Å². The molecule has 1 fully saturated rings. The first-order valence-corrected chi connectivity index (χ1v) is 6.67. The van der Waals surface area contributed by atoms with Crippen molar-refractivity contribution in [2.45, 2.75) is 25.4 Å². The molecule has 0 unspecified atom stereocenters. The summed E-state index contributed by atoms with van der Waals surface area (Å²) in [5, 5.41) is 9.90. The Morgan fingerprint density at radius 1 is 1.05 bits per heavy atom. The van der Waals surface area contributed by atoms with Crippen molar-refractivity contribution in [1.82, 2.24) is 0 Å². The van der Waals surface area contributed by atoms with Crippen molar-refractivity contribution in [3.8, 4) is 5.75 Å². The summed E-state index contributed by atoms with van der Waals surface area (Å²) in [6.07, 6.45) is -3.81. The number of aromatic hydroxyl groups is 1. The fraction of sp³-hybridized carbons (Fsp3) is 0.267. The summed E-state index contributed by atoms with van der Waals surface area (Å²) in [6.45, 7) is 1.58. The second kappa shape index (κ2) is 4.17. The average Bonchev–Trinajstić information content (AvgIpc) is 2.83. The Morgan fingerprint density at radius 3 is 2.59 bits per heavy atom. The zero-order valence-corrected chi connectivity index (χ0v) is 11.4. The zero-order valence-electron chi connectivity index (χ0n) is 11.4. The van der Waals surface area contributed by atoms with Gasteiger partial charge >= 0.3 is 6.16 Å². The summed E-state index contributed by atoms with van der Waals surface area (Å²) in [6, 6.07) is 4.26. The first kappa shape index (κ1) is 13.0. The van der Waals surface area contributed by atoms with Gasteiger partial charge < -0.3 is 19.3 Å². The highest BCUT2D eigenvalue weighted by Crippen LogP contribution is 2.41. The second-order valence-corrected chi connectivity index (χ2v) is 5.24. The molecule has 0 saturated carbocycles. The maximum Gasteiger partial charge on any atom is 0.511 e. The Balaban J connectivity index is 1.95. The molecule has 7 heteroatoms. The predicted molar refractivity (Wildman–Crippen MR) is 69.5 cm³/mol. The molecule has 1 aromatic carbocycles. The van der Waals surface area contributed by atoms with E-state index >= 15 is 0 Å². The molecule has 1 N–H and O–H groups in total. The number of ketones is 2. The highest BCUT2D eigenvalue weighted by molar-refractivity contribution is 6.28. The van der Waals surface area contributed by atoms with E-state index in [1.54, 1.807) is 6.92 Å². The van der Waals surface area contributed by atoms with Crippen LogP contribution < -0.4 is 0 Å². The highest BCUT2D eigenvalue weighted by Gasteiger charge is 2.52. The summed E-state index contributed by atoms with van der Waals surface area (Å²) >= 11 is 0. The number of benzene rings is 1. The molecule has 1 aliphatic carbocycles. The maximum atomic E-state index is 12.7. The van der Waals surface area contributed by atoms with Crippen LogP contribution >= 0.6 is 0 Å². The number of ether oxygens (including phenoxy) is 3. The molecule has 1 saturated heterocycles. The standard InChI is InChI=1S/C15H10O7/c1-5-8-10(13-14(20-5)22-15(19)21-13)11(17)6-3-2-4-7(16)9(6)12(8)18/h2-5,13-14,16H,1H3/t5-,13-,14-/m0/s1. The lowest BCUT2D eigenvalue weighted by Gasteiger charge is -2.33. The maximum absolute atomic E-state index is 12.7. The van der Waals surface area contributed by atoms with Crippen LogP contribution in [0.15, 0.2) is 29.3 Å². The van der Waals surface area contributed by atoms with Crippen molar-refractivity contribution in [1.29, 1.82) is 0 Å². The number of phenols is 1. The summed E-state index contributed by atoms with van der Waals surface area (Å²) in [5.41, 5.74) is 0.196. The quantitative estimate of drug-likeness (QED) is 0.722. The summed E-state index contributed by atoms with van der Waals surface area (Å²) in [5.74, 6) is -1.24. The van der Waals surface area contributed by atoms with Crippen molar-refractivity contribution in [2.24, 2.45) is 0 Å². The van der Waals surface area contributed by atoms with Gasteiger partial charge in [-0.15, -0.1) is 0 Å². The molecule has 0 bridgehead atoms. The van der Waals surface area contributed by atoms with E-state index in [-0.39, 0.29) is 28.0 Å². The van der Waals surface area contributed by atoms with Crippen LogP contribution in [0.2, 0.25) is 0 Å². The van der Waals surface area contributed by atoms with Crippen molar-refractivity contribution in [2.75, 3.05) is 0 Å². The molecule has 7 nitrogen and oxygen atoms in total. The van der Waals surface area contributed by atoms with E-state index in [1.165, 1.54) is 18.2 Å². The third-order valence-corrected chi connectivity index (χ3v) is 4.01. The zero-order chi connectivity index (χ0) is 15.6. The van der Waals surface area contributed by atoms with Gasteiger partial charge in [0.25, 0.3) is 0 Å². The molecule has 2 aliphatic heterocycles. The van der Waals surface area contributed by atoms with Gasteiger partial charge in [0.1, 0.15) is 5.75 Å². The molecule has 22 heavy (non-hydrogen) atoms.